The Labute approximate surface area is 106 Å². The molecule has 0 aliphatic carbocycles. The number of rotatable bonds is 2. The lowest BCUT2D eigenvalue weighted by atomic mass is 9.90. The molecule has 1 aliphatic heterocycles. The molecular weight excluding hydrogens is 265 g/mol. The van der Waals surface area contributed by atoms with E-state index in [9.17, 15) is 18.0 Å². The second-order valence-electron chi connectivity index (χ2n) is 4.20. The highest BCUT2D eigenvalue weighted by atomic mass is 19.4. The first-order valence-corrected chi connectivity index (χ1v) is 5.46. The van der Waals surface area contributed by atoms with E-state index in [1.54, 1.807) is 0 Å². The molecule has 7 heteroatoms. The number of aliphatic carboxylic acids is 1. The van der Waals surface area contributed by atoms with Crippen LogP contribution in [-0.2, 0) is 11.2 Å². The number of benzene rings is 1. The zero-order chi connectivity index (χ0) is 14.2. The van der Waals surface area contributed by atoms with Crippen LogP contribution in [0, 0.1) is 5.92 Å². The Morgan fingerprint density at radius 2 is 2.16 bits per heavy atom. The van der Waals surface area contributed by atoms with E-state index >= 15 is 0 Å². The van der Waals surface area contributed by atoms with Gasteiger partial charge in [0.25, 0.3) is 0 Å². The summed E-state index contributed by atoms with van der Waals surface area (Å²) in [5.74, 6) is -2.70. The van der Waals surface area contributed by atoms with E-state index in [-0.39, 0.29) is 12.2 Å². The highest BCUT2D eigenvalue weighted by Crippen LogP contribution is 2.39. The highest BCUT2D eigenvalue weighted by molar-refractivity contribution is 5.72. The molecule has 1 aliphatic rings. The third-order valence-corrected chi connectivity index (χ3v) is 2.97. The number of carbonyl (C=O) groups is 1. The van der Waals surface area contributed by atoms with Gasteiger partial charge in [-0.1, -0.05) is 0 Å². The number of hydrogen-bond donors (Lipinski definition) is 1. The third kappa shape index (κ3) is 2.59. The van der Waals surface area contributed by atoms with E-state index in [1.807, 2.05) is 0 Å². The van der Waals surface area contributed by atoms with Crippen molar-refractivity contribution in [2.45, 2.75) is 18.7 Å². The van der Waals surface area contributed by atoms with Gasteiger partial charge >= 0.3 is 12.1 Å². The molecule has 104 valence electrons. The molecule has 0 aromatic heterocycles. The van der Waals surface area contributed by atoms with Crippen molar-refractivity contribution in [1.82, 2.24) is 0 Å². The molecule has 0 unspecified atom stereocenters. The molecule has 2 atom stereocenters. The molecule has 0 radical (unpaired) electrons. The standard InChI is InChI=1S/C12H11F3O4/c1-18-7-2-3-9-6(4-7)5-8(11(16)17)10(19-9)12(13,14)15/h2-4,8,10H,5H2,1H3,(H,16,17)/t8-,10+/m0/s1. The van der Waals surface area contributed by atoms with E-state index in [0.29, 0.717) is 11.3 Å². The first-order chi connectivity index (χ1) is 8.82. The lowest BCUT2D eigenvalue weighted by Gasteiger charge is -2.32. The topological polar surface area (TPSA) is 55.8 Å². The van der Waals surface area contributed by atoms with Crippen molar-refractivity contribution < 1.29 is 32.5 Å². The summed E-state index contributed by atoms with van der Waals surface area (Å²) in [5.41, 5.74) is 0.396. The van der Waals surface area contributed by atoms with Crippen molar-refractivity contribution in [2.75, 3.05) is 7.11 Å². The summed E-state index contributed by atoms with van der Waals surface area (Å²) < 4.78 is 48.1. The molecule has 1 N–H and O–H groups in total. The smallest absolute Gasteiger partial charge is 0.426 e. The molecule has 0 amide bonds. The summed E-state index contributed by atoms with van der Waals surface area (Å²) in [6, 6.07) is 4.30. The first-order valence-electron chi connectivity index (χ1n) is 5.46. The highest BCUT2D eigenvalue weighted by Gasteiger charge is 2.52. The van der Waals surface area contributed by atoms with Crippen LogP contribution in [0.3, 0.4) is 0 Å². The maximum Gasteiger partial charge on any atom is 0.426 e. The van der Waals surface area contributed by atoms with Gasteiger partial charge < -0.3 is 14.6 Å². The van der Waals surface area contributed by atoms with Gasteiger partial charge in [-0.05, 0) is 30.2 Å². The number of methoxy groups -OCH3 is 1. The minimum atomic E-state index is -4.72. The molecular formula is C12H11F3O4. The van der Waals surface area contributed by atoms with Crippen LogP contribution in [-0.4, -0.2) is 30.5 Å². The van der Waals surface area contributed by atoms with Gasteiger partial charge in [-0.3, -0.25) is 4.79 Å². The van der Waals surface area contributed by atoms with Crippen LogP contribution in [0.25, 0.3) is 0 Å². The van der Waals surface area contributed by atoms with Gasteiger partial charge in [0.15, 0.2) is 0 Å². The van der Waals surface area contributed by atoms with Gasteiger partial charge in [-0.15, -0.1) is 0 Å². The van der Waals surface area contributed by atoms with Crippen molar-refractivity contribution in [2.24, 2.45) is 5.92 Å². The Balaban J connectivity index is 2.39. The van der Waals surface area contributed by atoms with Crippen LogP contribution in [0.15, 0.2) is 18.2 Å². The summed E-state index contributed by atoms with van der Waals surface area (Å²) in [4.78, 5) is 11.0. The lowest BCUT2D eigenvalue weighted by Crippen LogP contribution is -2.47. The summed E-state index contributed by atoms with van der Waals surface area (Å²) in [6.07, 6.45) is -7.29. The fraction of sp³-hybridized carbons (Fsp3) is 0.417. The fourth-order valence-corrected chi connectivity index (χ4v) is 2.03. The first kappa shape index (κ1) is 13.5. The van der Waals surface area contributed by atoms with Crippen LogP contribution in [0.4, 0.5) is 13.2 Å². The molecule has 1 aromatic carbocycles. The van der Waals surface area contributed by atoms with Crippen molar-refractivity contribution >= 4 is 5.97 Å². The van der Waals surface area contributed by atoms with Gasteiger partial charge in [-0.25, -0.2) is 0 Å². The number of alkyl halides is 3. The van der Waals surface area contributed by atoms with Crippen molar-refractivity contribution in [1.29, 1.82) is 0 Å². The number of carboxylic acids is 1. The Morgan fingerprint density at radius 1 is 1.47 bits per heavy atom. The van der Waals surface area contributed by atoms with Crippen molar-refractivity contribution in [3.63, 3.8) is 0 Å². The van der Waals surface area contributed by atoms with Gasteiger partial charge in [0, 0.05) is 0 Å². The van der Waals surface area contributed by atoms with Crippen LogP contribution in [0.1, 0.15) is 5.56 Å². The summed E-state index contributed by atoms with van der Waals surface area (Å²) in [5, 5.41) is 8.91. The molecule has 0 saturated carbocycles. The Hall–Kier alpha value is -1.92. The van der Waals surface area contributed by atoms with Gasteiger partial charge in [0.1, 0.15) is 17.4 Å². The van der Waals surface area contributed by atoms with Crippen molar-refractivity contribution in [3.8, 4) is 11.5 Å². The summed E-state index contributed by atoms with van der Waals surface area (Å²) in [6.45, 7) is 0. The Kier molecular flexibility index (Phi) is 3.30. The van der Waals surface area contributed by atoms with Gasteiger partial charge in [-0.2, -0.15) is 13.2 Å². The SMILES string of the molecule is COc1ccc2c(c1)C[C@H](C(=O)O)[C@H](C(F)(F)F)O2. The molecule has 2 rings (SSSR count). The van der Waals surface area contributed by atoms with Crippen molar-refractivity contribution in [3.05, 3.63) is 23.8 Å². The maximum atomic E-state index is 12.8. The lowest BCUT2D eigenvalue weighted by molar-refractivity contribution is -0.217. The monoisotopic (exact) mass is 276 g/mol. The third-order valence-electron chi connectivity index (χ3n) is 2.97. The zero-order valence-corrected chi connectivity index (χ0v) is 9.90. The van der Waals surface area contributed by atoms with Gasteiger partial charge in [0.2, 0.25) is 6.10 Å². The summed E-state index contributed by atoms with van der Waals surface area (Å²) >= 11 is 0. The molecule has 0 spiro atoms. The largest absolute Gasteiger partial charge is 0.497 e. The normalized spacial score (nSPS) is 22.3. The molecule has 1 aromatic rings. The second-order valence-corrected chi connectivity index (χ2v) is 4.20. The van der Waals surface area contributed by atoms with Crippen LogP contribution in [0.2, 0.25) is 0 Å². The minimum Gasteiger partial charge on any atom is -0.497 e. The number of carboxylic acid groups (broad SMARTS) is 1. The molecule has 1 heterocycles. The number of fused-ring (bicyclic) bond motifs is 1. The van der Waals surface area contributed by atoms with E-state index in [4.69, 9.17) is 14.6 Å². The van der Waals surface area contributed by atoms with Gasteiger partial charge in [0.05, 0.1) is 7.11 Å². The molecule has 0 saturated heterocycles. The Morgan fingerprint density at radius 3 is 2.68 bits per heavy atom. The van der Waals surface area contributed by atoms with Crippen LogP contribution in [0.5, 0.6) is 11.5 Å². The second kappa shape index (κ2) is 4.64. The average Bonchev–Trinajstić information content (AvgIpc) is 2.35. The predicted octanol–water partition coefficient (Wildman–Crippen LogP) is 2.26. The minimum absolute atomic E-state index is 0.0422. The molecule has 4 nitrogen and oxygen atoms in total. The quantitative estimate of drug-likeness (QED) is 0.900. The van der Waals surface area contributed by atoms with Crippen LogP contribution >= 0.6 is 0 Å². The van der Waals surface area contributed by atoms with E-state index in [0.717, 1.165) is 0 Å². The van der Waals surface area contributed by atoms with E-state index in [2.05, 4.69) is 0 Å². The Bertz CT molecular complexity index is 498. The number of hydrogen-bond acceptors (Lipinski definition) is 3. The average molecular weight is 276 g/mol. The van der Waals surface area contributed by atoms with E-state index in [1.165, 1.54) is 25.3 Å². The number of ether oxygens (including phenoxy) is 2. The van der Waals surface area contributed by atoms with Crippen LogP contribution < -0.4 is 9.47 Å². The maximum absolute atomic E-state index is 12.8. The predicted molar refractivity (Wildman–Crippen MR) is 58.3 cm³/mol. The molecule has 0 fully saturated rings. The fourth-order valence-electron chi connectivity index (χ4n) is 2.03. The summed E-state index contributed by atoms with van der Waals surface area (Å²) in [7, 11) is 1.42. The number of halogens is 3. The molecule has 19 heavy (non-hydrogen) atoms. The zero-order valence-electron chi connectivity index (χ0n) is 9.90. The van der Waals surface area contributed by atoms with E-state index < -0.39 is 24.2 Å². The molecule has 0 bridgehead atoms.